The summed E-state index contributed by atoms with van der Waals surface area (Å²) in [7, 11) is 0. The number of fused-ring (bicyclic) bond motifs is 6. The van der Waals surface area contributed by atoms with Crippen molar-refractivity contribution in [1.29, 1.82) is 0 Å². The predicted octanol–water partition coefficient (Wildman–Crippen LogP) is 14.8. The van der Waals surface area contributed by atoms with Crippen LogP contribution in [0.4, 0.5) is 0 Å². The van der Waals surface area contributed by atoms with Crippen LogP contribution in [0, 0.1) is 0 Å². The van der Waals surface area contributed by atoms with E-state index >= 15 is 0 Å². The summed E-state index contributed by atoms with van der Waals surface area (Å²) in [4.78, 5) is 0. The molecule has 0 unspecified atom stereocenters. The first-order chi connectivity index (χ1) is 27.8. The Morgan fingerprint density at radius 2 is 0.712 bits per heavy atom. The molecule has 298 valence electrons. The van der Waals surface area contributed by atoms with Crippen molar-refractivity contribution < 1.29 is 4.42 Å². The van der Waals surface area contributed by atoms with Crippen LogP contribution in [-0.2, 0) is 21.7 Å². The van der Waals surface area contributed by atoms with Crippen molar-refractivity contribution in [3.05, 3.63) is 144 Å². The third kappa shape index (κ3) is 6.56. The molecule has 3 heterocycles. The van der Waals surface area contributed by atoms with Crippen LogP contribution in [0.1, 0.15) is 105 Å². The van der Waals surface area contributed by atoms with E-state index in [4.69, 9.17) is 9.52 Å². The Bertz CT molecular complexity index is 2760. The molecule has 0 aliphatic carbocycles. The fraction of sp³-hybridized carbons (Fsp3) is 0.296. The van der Waals surface area contributed by atoms with Crippen LogP contribution in [0.5, 0.6) is 0 Å². The molecule has 59 heavy (non-hydrogen) atoms. The lowest BCUT2D eigenvalue weighted by Crippen LogP contribution is -2.10. The highest BCUT2D eigenvalue weighted by molar-refractivity contribution is 6.12. The number of aromatic nitrogens is 4. The molecule has 0 fully saturated rings. The van der Waals surface area contributed by atoms with E-state index in [1.807, 2.05) is 30.3 Å². The van der Waals surface area contributed by atoms with E-state index in [1.165, 1.54) is 43.8 Å². The third-order valence-corrected chi connectivity index (χ3v) is 12.2. The summed E-state index contributed by atoms with van der Waals surface area (Å²) in [6.45, 7) is 27.5. The van der Waals surface area contributed by atoms with Crippen molar-refractivity contribution >= 4 is 43.6 Å². The topological polar surface area (TPSA) is 48.8 Å². The Kier molecular flexibility index (Phi) is 8.69. The molecular weight excluding hydrogens is 721 g/mol. The molecule has 0 aliphatic heterocycles. The summed E-state index contributed by atoms with van der Waals surface area (Å²) in [6.07, 6.45) is 0. The van der Waals surface area contributed by atoms with E-state index in [1.54, 1.807) is 0 Å². The van der Waals surface area contributed by atoms with Crippen LogP contribution >= 0.6 is 0 Å². The van der Waals surface area contributed by atoms with Crippen molar-refractivity contribution in [2.75, 3.05) is 0 Å². The zero-order chi connectivity index (χ0) is 41.8. The lowest BCUT2D eigenvalue weighted by atomic mass is 9.85. The van der Waals surface area contributed by atoms with Gasteiger partial charge in [0, 0.05) is 27.1 Å². The van der Waals surface area contributed by atoms with Gasteiger partial charge < -0.3 is 13.6 Å². The Labute approximate surface area is 348 Å². The molecule has 0 radical (unpaired) electrons. The largest absolute Gasteiger partial charge is 0.416 e. The van der Waals surface area contributed by atoms with Gasteiger partial charge in [-0.25, -0.2) is 0 Å². The Morgan fingerprint density at radius 3 is 1.05 bits per heavy atom. The molecule has 5 nitrogen and oxygen atoms in total. The molecular formula is C54H56N4O. The summed E-state index contributed by atoms with van der Waals surface area (Å²) in [5, 5.41) is 14.5. The molecule has 0 spiro atoms. The monoisotopic (exact) mass is 776 g/mol. The lowest BCUT2D eigenvalue weighted by Gasteiger charge is -2.21. The van der Waals surface area contributed by atoms with Gasteiger partial charge in [-0.05, 0) is 117 Å². The van der Waals surface area contributed by atoms with Gasteiger partial charge in [0.2, 0.25) is 5.89 Å². The van der Waals surface area contributed by atoms with E-state index in [2.05, 4.69) is 188 Å². The van der Waals surface area contributed by atoms with Crippen LogP contribution in [0.2, 0.25) is 0 Å². The maximum atomic E-state index is 6.79. The summed E-state index contributed by atoms with van der Waals surface area (Å²) in [5.41, 5.74) is 13.4. The Balaban J connectivity index is 1.42. The number of rotatable bonds is 4. The highest BCUT2D eigenvalue weighted by Crippen LogP contribution is 2.44. The van der Waals surface area contributed by atoms with Crippen molar-refractivity contribution in [2.45, 2.75) is 105 Å². The van der Waals surface area contributed by atoms with E-state index in [-0.39, 0.29) is 21.7 Å². The number of hydrogen-bond donors (Lipinski definition) is 0. The first-order valence-corrected chi connectivity index (χ1v) is 21.0. The minimum atomic E-state index is -0.0107. The van der Waals surface area contributed by atoms with Gasteiger partial charge in [0.15, 0.2) is 0 Å². The Hall–Kier alpha value is -5.94. The molecule has 0 amide bonds. The van der Waals surface area contributed by atoms with E-state index < -0.39 is 0 Å². The zero-order valence-corrected chi connectivity index (χ0v) is 36.7. The fourth-order valence-corrected chi connectivity index (χ4v) is 8.57. The van der Waals surface area contributed by atoms with Crippen LogP contribution in [0.25, 0.3) is 77.9 Å². The summed E-state index contributed by atoms with van der Waals surface area (Å²) in [6, 6.07) is 44.6. The third-order valence-electron chi connectivity index (χ3n) is 12.2. The van der Waals surface area contributed by atoms with Gasteiger partial charge >= 0.3 is 0 Å². The minimum absolute atomic E-state index is 0.0107. The van der Waals surface area contributed by atoms with Crippen LogP contribution < -0.4 is 0 Å². The standard InChI is InChI=1S/C54H56N4O/c1-51(2,3)34-21-25-42-38(29-34)39-30-35(52(4,5)6)22-26-43(39)57(42)46-19-16-20-47(48(46)50-56-55-49(59-50)33-17-14-13-15-18-33)58-44-27-23-36(53(7,8)9)31-40(44)41-32-37(54(10,11)12)24-28-45(41)58/h13-32H,1-12H3. The second-order valence-electron chi connectivity index (χ2n) is 20.5. The normalized spacial score (nSPS) is 13.1. The molecule has 0 saturated heterocycles. The van der Waals surface area contributed by atoms with Gasteiger partial charge in [0.05, 0.1) is 39.0 Å². The molecule has 0 atom stereocenters. The SMILES string of the molecule is CC(C)(C)c1ccc2c(c1)c1cc(C(C)(C)C)ccc1n2-c1cccc(-n2c3ccc(C(C)(C)C)cc3c3cc(C(C)(C)C)ccc32)c1-c1nnc(-c2ccccc2)o1. The molecule has 0 N–H and O–H groups in total. The van der Waals surface area contributed by atoms with Gasteiger partial charge in [-0.1, -0.05) is 132 Å². The first kappa shape index (κ1) is 38.6. The van der Waals surface area contributed by atoms with Gasteiger partial charge in [-0.15, -0.1) is 10.2 Å². The molecule has 9 aromatic rings. The van der Waals surface area contributed by atoms with Crippen LogP contribution in [0.3, 0.4) is 0 Å². The highest BCUT2D eigenvalue weighted by Gasteiger charge is 2.28. The second-order valence-corrected chi connectivity index (χ2v) is 20.5. The van der Waals surface area contributed by atoms with Crippen LogP contribution in [-0.4, -0.2) is 19.3 Å². The summed E-state index contributed by atoms with van der Waals surface area (Å²) >= 11 is 0. The van der Waals surface area contributed by atoms with E-state index in [9.17, 15) is 0 Å². The van der Waals surface area contributed by atoms with Gasteiger partial charge in [0.25, 0.3) is 5.89 Å². The maximum absolute atomic E-state index is 6.79. The molecule has 0 aliphatic rings. The molecule has 9 rings (SSSR count). The summed E-state index contributed by atoms with van der Waals surface area (Å²) < 4.78 is 11.6. The Morgan fingerprint density at radius 1 is 0.373 bits per heavy atom. The number of hydrogen-bond acceptors (Lipinski definition) is 3. The zero-order valence-electron chi connectivity index (χ0n) is 36.7. The molecule has 3 aromatic heterocycles. The van der Waals surface area contributed by atoms with Gasteiger partial charge in [-0.3, -0.25) is 0 Å². The van der Waals surface area contributed by atoms with E-state index in [0.29, 0.717) is 11.8 Å². The highest BCUT2D eigenvalue weighted by atomic mass is 16.4. The van der Waals surface area contributed by atoms with Gasteiger partial charge in [-0.2, -0.15) is 0 Å². The maximum Gasteiger partial charge on any atom is 0.252 e. The number of nitrogens with zero attached hydrogens (tertiary/aromatic N) is 4. The second kappa shape index (κ2) is 13.3. The quantitative estimate of drug-likeness (QED) is 0.179. The smallest absolute Gasteiger partial charge is 0.252 e. The van der Waals surface area contributed by atoms with Crippen molar-refractivity contribution in [3.63, 3.8) is 0 Å². The first-order valence-electron chi connectivity index (χ1n) is 21.0. The molecule has 5 heteroatoms. The molecule has 6 aromatic carbocycles. The molecule has 0 bridgehead atoms. The minimum Gasteiger partial charge on any atom is -0.416 e. The van der Waals surface area contributed by atoms with Crippen molar-refractivity contribution in [2.24, 2.45) is 0 Å². The number of benzene rings is 6. The average Bonchev–Trinajstić information content (AvgIpc) is 3.88. The van der Waals surface area contributed by atoms with Gasteiger partial charge in [0.1, 0.15) is 0 Å². The van der Waals surface area contributed by atoms with E-state index in [0.717, 1.165) is 44.6 Å². The van der Waals surface area contributed by atoms with Crippen molar-refractivity contribution in [1.82, 2.24) is 19.3 Å². The van der Waals surface area contributed by atoms with Crippen LogP contribution in [0.15, 0.2) is 126 Å². The fourth-order valence-electron chi connectivity index (χ4n) is 8.57. The predicted molar refractivity (Wildman–Crippen MR) is 249 cm³/mol. The molecule has 0 saturated carbocycles. The lowest BCUT2D eigenvalue weighted by molar-refractivity contribution is 0.584. The summed E-state index contributed by atoms with van der Waals surface area (Å²) in [5.74, 6) is 0.953. The van der Waals surface area contributed by atoms with Crippen molar-refractivity contribution in [3.8, 4) is 34.3 Å². The average molecular weight is 777 g/mol.